The van der Waals surface area contributed by atoms with Gasteiger partial charge in [-0.1, -0.05) is 44.4 Å². The first-order valence-electron chi connectivity index (χ1n) is 12.2. The zero-order chi connectivity index (χ0) is 25.3. The van der Waals surface area contributed by atoms with Crippen molar-refractivity contribution in [2.75, 3.05) is 5.32 Å². The van der Waals surface area contributed by atoms with E-state index < -0.39 is 12.0 Å². The van der Waals surface area contributed by atoms with Crippen molar-refractivity contribution in [3.8, 4) is 17.1 Å². The summed E-state index contributed by atoms with van der Waals surface area (Å²) in [4.78, 5) is 24.7. The molecule has 0 saturated heterocycles. The number of fused-ring (bicyclic) bond motifs is 1. The molecule has 2 amide bonds. The average molecular weight is 484 g/mol. The van der Waals surface area contributed by atoms with Crippen LogP contribution in [0, 0.1) is 5.53 Å². The molecule has 0 fully saturated rings. The number of rotatable bonds is 11. The lowest BCUT2D eigenvalue weighted by atomic mass is 10.1. The SMILES string of the molecule is CCCCCCC(Oc1ccc(C(=O)N=N)cc1)C(=O)Nc1ccc(-c2cc3ccccc3o2)cc1. The second-order valence-corrected chi connectivity index (χ2v) is 8.61. The Bertz CT molecular complexity index is 1290. The Kier molecular flexibility index (Phi) is 8.24. The molecule has 4 aromatic rings. The van der Waals surface area contributed by atoms with Crippen LogP contribution in [-0.2, 0) is 4.79 Å². The van der Waals surface area contributed by atoms with Crippen LogP contribution in [0.2, 0.25) is 0 Å². The molecule has 0 aliphatic heterocycles. The maximum atomic E-state index is 13.1. The fourth-order valence-electron chi connectivity index (χ4n) is 3.97. The number of para-hydroxylation sites is 1. The molecule has 0 radical (unpaired) electrons. The van der Waals surface area contributed by atoms with E-state index in [1.807, 2.05) is 54.6 Å². The first kappa shape index (κ1) is 24.9. The maximum absolute atomic E-state index is 13.1. The summed E-state index contributed by atoms with van der Waals surface area (Å²) in [5, 5.41) is 6.92. The van der Waals surface area contributed by atoms with Crippen molar-refractivity contribution in [3.05, 3.63) is 84.4 Å². The van der Waals surface area contributed by atoms with Crippen LogP contribution in [-0.4, -0.2) is 17.9 Å². The molecule has 1 atom stereocenters. The molecule has 3 aromatic carbocycles. The van der Waals surface area contributed by atoms with Gasteiger partial charge in [0.15, 0.2) is 6.10 Å². The van der Waals surface area contributed by atoms with Crippen molar-refractivity contribution in [3.63, 3.8) is 0 Å². The predicted molar refractivity (Wildman–Crippen MR) is 139 cm³/mol. The van der Waals surface area contributed by atoms with E-state index in [1.54, 1.807) is 24.3 Å². The van der Waals surface area contributed by atoms with Gasteiger partial charge < -0.3 is 14.5 Å². The molecule has 184 valence electrons. The van der Waals surface area contributed by atoms with Crippen LogP contribution in [0.5, 0.6) is 5.75 Å². The van der Waals surface area contributed by atoms with Crippen LogP contribution in [0.25, 0.3) is 22.3 Å². The normalized spacial score (nSPS) is 11.7. The summed E-state index contributed by atoms with van der Waals surface area (Å²) >= 11 is 0. The van der Waals surface area contributed by atoms with Crippen LogP contribution in [0.1, 0.15) is 49.4 Å². The molecule has 4 rings (SSSR count). The van der Waals surface area contributed by atoms with Gasteiger partial charge in [0.25, 0.3) is 11.8 Å². The number of amides is 2. The van der Waals surface area contributed by atoms with E-state index in [-0.39, 0.29) is 5.91 Å². The molecule has 7 nitrogen and oxygen atoms in total. The van der Waals surface area contributed by atoms with E-state index in [1.165, 1.54) is 0 Å². The molecular weight excluding hydrogens is 454 g/mol. The van der Waals surface area contributed by atoms with Crippen LogP contribution in [0.15, 0.2) is 88.4 Å². The van der Waals surface area contributed by atoms with Gasteiger partial charge in [0.05, 0.1) is 0 Å². The Morgan fingerprint density at radius 3 is 2.42 bits per heavy atom. The van der Waals surface area contributed by atoms with Gasteiger partial charge in [0, 0.05) is 22.2 Å². The number of ether oxygens (including phenoxy) is 1. The lowest BCUT2D eigenvalue weighted by Crippen LogP contribution is -2.33. The molecule has 1 unspecified atom stereocenters. The van der Waals surface area contributed by atoms with E-state index in [0.29, 0.717) is 23.4 Å². The summed E-state index contributed by atoms with van der Waals surface area (Å²) in [6.07, 6.45) is 3.99. The highest BCUT2D eigenvalue weighted by molar-refractivity contribution is 5.95. The third kappa shape index (κ3) is 6.24. The number of carbonyl (C=O) groups is 2. The highest BCUT2D eigenvalue weighted by atomic mass is 16.5. The molecule has 0 aliphatic carbocycles. The number of anilines is 1. The van der Waals surface area contributed by atoms with E-state index >= 15 is 0 Å². The average Bonchev–Trinajstić information content (AvgIpc) is 3.35. The lowest BCUT2D eigenvalue weighted by molar-refractivity contribution is -0.123. The zero-order valence-electron chi connectivity index (χ0n) is 20.2. The molecule has 1 aromatic heterocycles. The van der Waals surface area contributed by atoms with Crippen LogP contribution in [0.4, 0.5) is 5.69 Å². The maximum Gasteiger partial charge on any atom is 0.294 e. The second kappa shape index (κ2) is 11.9. The Morgan fingerprint density at radius 2 is 1.72 bits per heavy atom. The summed E-state index contributed by atoms with van der Waals surface area (Å²) in [6.45, 7) is 2.14. The van der Waals surface area contributed by atoms with Gasteiger partial charge in [-0.25, -0.2) is 5.53 Å². The molecule has 0 spiro atoms. The third-order valence-electron chi connectivity index (χ3n) is 5.96. The highest BCUT2D eigenvalue weighted by Crippen LogP contribution is 2.28. The summed E-state index contributed by atoms with van der Waals surface area (Å²) in [5.74, 6) is 0.393. The molecular formula is C29H29N3O4. The number of benzene rings is 3. The van der Waals surface area contributed by atoms with Gasteiger partial charge in [-0.3, -0.25) is 9.59 Å². The predicted octanol–water partition coefficient (Wildman–Crippen LogP) is 7.63. The minimum atomic E-state index is -0.681. The van der Waals surface area contributed by atoms with Crippen LogP contribution >= 0.6 is 0 Å². The topological polar surface area (TPSA) is 105 Å². The first-order valence-corrected chi connectivity index (χ1v) is 12.2. The Labute approximate surface area is 210 Å². The molecule has 36 heavy (non-hydrogen) atoms. The van der Waals surface area contributed by atoms with Crippen molar-refractivity contribution in [2.45, 2.75) is 45.1 Å². The van der Waals surface area contributed by atoms with E-state index in [2.05, 4.69) is 17.4 Å². The minimum absolute atomic E-state index is 0.232. The number of carbonyl (C=O) groups excluding carboxylic acids is 2. The van der Waals surface area contributed by atoms with Gasteiger partial charge in [-0.15, -0.1) is 5.11 Å². The van der Waals surface area contributed by atoms with Gasteiger partial charge in [-0.2, -0.15) is 0 Å². The van der Waals surface area contributed by atoms with Crippen LogP contribution in [0.3, 0.4) is 0 Å². The fraction of sp³-hybridized carbons (Fsp3) is 0.241. The Hall–Kier alpha value is -4.26. The minimum Gasteiger partial charge on any atom is -0.481 e. The van der Waals surface area contributed by atoms with Crippen molar-refractivity contribution >= 4 is 28.5 Å². The molecule has 1 heterocycles. The van der Waals surface area contributed by atoms with Crippen molar-refractivity contribution in [2.24, 2.45) is 5.11 Å². The Morgan fingerprint density at radius 1 is 0.972 bits per heavy atom. The number of furan rings is 1. The molecule has 0 aliphatic rings. The van der Waals surface area contributed by atoms with Crippen molar-refractivity contribution in [1.82, 2.24) is 0 Å². The van der Waals surface area contributed by atoms with Gasteiger partial charge in [-0.05, 0) is 73.5 Å². The summed E-state index contributed by atoms with van der Waals surface area (Å²) in [5.41, 5.74) is 9.58. The number of nitrogens with zero attached hydrogens (tertiary/aromatic N) is 1. The first-order chi connectivity index (χ1) is 17.6. The van der Waals surface area contributed by atoms with Crippen LogP contribution < -0.4 is 10.1 Å². The number of hydrogen-bond acceptors (Lipinski definition) is 5. The van der Waals surface area contributed by atoms with Gasteiger partial charge in [0.1, 0.15) is 17.1 Å². The molecule has 2 N–H and O–H groups in total. The van der Waals surface area contributed by atoms with E-state index in [0.717, 1.165) is 48.0 Å². The summed E-state index contributed by atoms with van der Waals surface area (Å²) in [7, 11) is 0. The summed E-state index contributed by atoms with van der Waals surface area (Å²) in [6, 6.07) is 23.7. The zero-order valence-corrected chi connectivity index (χ0v) is 20.2. The van der Waals surface area contributed by atoms with Gasteiger partial charge >= 0.3 is 0 Å². The molecule has 0 saturated carbocycles. The Balaban J connectivity index is 1.44. The summed E-state index contributed by atoms with van der Waals surface area (Å²) < 4.78 is 11.9. The smallest absolute Gasteiger partial charge is 0.294 e. The van der Waals surface area contributed by atoms with Crippen molar-refractivity contribution < 1.29 is 18.7 Å². The monoisotopic (exact) mass is 483 g/mol. The highest BCUT2D eigenvalue weighted by Gasteiger charge is 2.21. The number of nitrogens with one attached hydrogen (secondary N) is 2. The number of unbranched alkanes of at least 4 members (excludes halogenated alkanes) is 3. The lowest BCUT2D eigenvalue weighted by Gasteiger charge is -2.19. The largest absolute Gasteiger partial charge is 0.481 e. The number of hydrogen-bond donors (Lipinski definition) is 2. The standard InChI is InChI=1S/C29H29N3O4/c1-2-3-4-5-10-26(35-24-17-13-21(14-18-24)28(33)32-30)29(34)31-23-15-11-20(12-16-23)27-19-22-8-6-7-9-25(22)36-27/h6-9,11-19,26,30H,2-5,10H2,1H3,(H,31,34). The quantitative estimate of drug-likeness (QED) is 0.169. The third-order valence-corrected chi connectivity index (χ3v) is 5.96. The fourth-order valence-corrected chi connectivity index (χ4v) is 3.97. The second-order valence-electron chi connectivity index (χ2n) is 8.61. The van der Waals surface area contributed by atoms with Gasteiger partial charge in [0.2, 0.25) is 0 Å². The van der Waals surface area contributed by atoms with E-state index in [4.69, 9.17) is 14.7 Å². The molecule has 0 bridgehead atoms. The van der Waals surface area contributed by atoms with Crippen molar-refractivity contribution in [1.29, 1.82) is 5.53 Å². The molecule has 7 heteroatoms. The van der Waals surface area contributed by atoms with E-state index in [9.17, 15) is 9.59 Å².